The number of nitrogens with zero attached hydrogens (tertiary/aromatic N) is 1. The molecule has 1 aromatic heterocycles. The topological polar surface area (TPSA) is 38.9 Å². The quantitative estimate of drug-likeness (QED) is 0.888. The van der Waals surface area contributed by atoms with Crippen LogP contribution in [0.25, 0.3) is 0 Å². The molecule has 0 amide bonds. The Morgan fingerprint density at radius 2 is 2.12 bits per heavy atom. The number of nitrogens with two attached hydrogens (primary N) is 1. The van der Waals surface area contributed by atoms with E-state index in [4.69, 9.17) is 17.3 Å². The number of nitrogen functional groups attached to an aromatic ring is 1. The zero-order chi connectivity index (χ0) is 12.4. The van der Waals surface area contributed by atoms with Crippen LogP contribution in [-0.4, -0.2) is 4.98 Å². The average molecular weight is 251 g/mol. The van der Waals surface area contributed by atoms with Crippen LogP contribution in [0.15, 0.2) is 30.5 Å². The van der Waals surface area contributed by atoms with Gasteiger partial charge in [-0.25, -0.2) is 9.37 Å². The number of benzene rings is 1. The molecule has 0 aliphatic carbocycles. The Morgan fingerprint density at radius 1 is 1.35 bits per heavy atom. The lowest BCUT2D eigenvalue weighted by Gasteiger charge is -2.09. The fourth-order valence-electron chi connectivity index (χ4n) is 1.72. The number of pyridine rings is 1. The molecule has 2 nitrogen and oxygen atoms in total. The van der Waals surface area contributed by atoms with Crippen molar-refractivity contribution in [1.82, 2.24) is 4.98 Å². The van der Waals surface area contributed by atoms with Gasteiger partial charge >= 0.3 is 0 Å². The van der Waals surface area contributed by atoms with Gasteiger partial charge in [0.15, 0.2) is 0 Å². The number of halogens is 2. The first kappa shape index (κ1) is 11.9. The molecule has 4 heteroatoms. The molecule has 0 aliphatic rings. The fraction of sp³-hybridized carbons (Fsp3) is 0.154. The Morgan fingerprint density at radius 3 is 2.82 bits per heavy atom. The Labute approximate surface area is 104 Å². The summed E-state index contributed by atoms with van der Waals surface area (Å²) in [5.74, 6) is 0.0428. The molecule has 0 bridgehead atoms. The summed E-state index contributed by atoms with van der Waals surface area (Å²) >= 11 is 5.74. The third-order valence-corrected chi connectivity index (χ3v) is 3.01. The Bertz CT molecular complexity index is 535. The van der Waals surface area contributed by atoms with Gasteiger partial charge in [-0.15, -0.1) is 0 Å². The predicted octanol–water partition coefficient (Wildman–Crippen LogP) is 3.36. The van der Waals surface area contributed by atoms with Crippen molar-refractivity contribution in [3.8, 4) is 0 Å². The van der Waals surface area contributed by atoms with E-state index in [1.165, 1.54) is 6.07 Å². The second kappa shape index (κ2) is 4.72. The molecule has 0 fully saturated rings. The third kappa shape index (κ3) is 2.39. The van der Waals surface area contributed by atoms with E-state index in [1.54, 1.807) is 18.3 Å². The molecule has 0 saturated heterocycles. The van der Waals surface area contributed by atoms with Gasteiger partial charge in [0, 0.05) is 18.2 Å². The van der Waals surface area contributed by atoms with Crippen molar-refractivity contribution in [3.05, 3.63) is 58.0 Å². The third-order valence-electron chi connectivity index (χ3n) is 2.72. The largest absolute Gasteiger partial charge is 0.383 e. The van der Waals surface area contributed by atoms with E-state index in [-0.39, 0.29) is 5.02 Å². The van der Waals surface area contributed by atoms with Gasteiger partial charge in [-0.2, -0.15) is 0 Å². The summed E-state index contributed by atoms with van der Waals surface area (Å²) in [5.41, 5.74) is 8.16. The molecular formula is C13H12ClFN2. The van der Waals surface area contributed by atoms with Crippen LogP contribution in [-0.2, 0) is 6.42 Å². The lowest BCUT2D eigenvalue weighted by Crippen LogP contribution is -2.02. The molecule has 17 heavy (non-hydrogen) atoms. The van der Waals surface area contributed by atoms with Crippen LogP contribution in [0.4, 0.5) is 10.2 Å². The maximum absolute atomic E-state index is 13.8. The number of anilines is 1. The van der Waals surface area contributed by atoms with E-state index in [1.807, 2.05) is 13.0 Å². The molecule has 2 rings (SSSR count). The molecule has 1 aromatic carbocycles. The van der Waals surface area contributed by atoms with Crippen molar-refractivity contribution >= 4 is 17.4 Å². The molecular weight excluding hydrogens is 239 g/mol. The molecule has 2 N–H and O–H groups in total. The molecule has 0 atom stereocenters. The van der Waals surface area contributed by atoms with Gasteiger partial charge in [-0.05, 0) is 30.2 Å². The van der Waals surface area contributed by atoms with Gasteiger partial charge in [0.2, 0.25) is 0 Å². The number of aryl methyl sites for hydroxylation is 1. The first-order valence-electron chi connectivity index (χ1n) is 5.22. The fourth-order valence-corrected chi connectivity index (χ4v) is 1.91. The summed E-state index contributed by atoms with van der Waals surface area (Å²) in [4.78, 5) is 4.01. The van der Waals surface area contributed by atoms with Crippen molar-refractivity contribution in [2.24, 2.45) is 0 Å². The Kier molecular flexibility index (Phi) is 3.29. The Balaban J connectivity index is 2.42. The molecule has 0 saturated carbocycles. The number of rotatable bonds is 2. The summed E-state index contributed by atoms with van der Waals surface area (Å²) in [7, 11) is 0. The highest BCUT2D eigenvalue weighted by molar-refractivity contribution is 6.30. The van der Waals surface area contributed by atoms with Gasteiger partial charge in [-0.1, -0.05) is 23.7 Å². The summed E-state index contributed by atoms with van der Waals surface area (Å²) in [5, 5.41) is 0.127. The van der Waals surface area contributed by atoms with E-state index in [9.17, 15) is 4.39 Å². The van der Waals surface area contributed by atoms with Crippen molar-refractivity contribution in [2.45, 2.75) is 13.3 Å². The lowest BCUT2D eigenvalue weighted by molar-refractivity contribution is 0.614. The van der Waals surface area contributed by atoms with Crippen LogP contribution >= 0.6 is 11.6 Å². The molecule has 0 unspecified atom stereocenters. The number of hydrogen-bond donors (Lipinski definition) is 1. The first-order valence-corrected chi connectivity index (χ1v) is 5.60. The van der Waals surface area contributed by atoms with Crippen molar-refractivity contribution in [3.63, 3.8) is 0 Å². The standard InChI is InChI=1S/C13H12ClFN2/c1-8-5-6-17-13(16)10(8)7-9-3-2-4-11(14)12(9)15/h2-6H,7H2,1H3,(H2,16,17). The van der Waals surface area contributed by atoms with Crippen LogP contribution in [0.3, 0.4) is 0 Å². The molecule has 88 valence electrons. The van der Waals surface area contributed by atoms with Crippen molar-refractivity contribution in [1.29, 1.82) is 0 Å². The van der Waals surface area contributed by atoms with Crippen LogP contribution in [0, 0.1) is 12.7 Å². The van der Waals surface area contributed by atoms with Crippen LogP contribution in [0.1, 0.15) is 16.7 Å². The second-order valence-electron chi connectivity index (χ2n) is 3.88. The zero-order valence-corrected chi connectivity index (χ0v) is 10.1. The maximum atomic E-state index is 13.8. The van der Waals surface area contributed by atoms with Crippen LogP contribution in [0.2, 0.25) is 5.02 Å². The van der Waals surface area contributed by atoms with E-state index < -0.39 is 5.82 Å². The predicted molar refractivity (Wildman–Crippen MR) is 67.6 cm³/mol. The summed E-state index contributed by atoms with van der Waals surface area (Å²) in [6.45, 7) is 1.93. The summed E-state index contributed by atoms with van der Waals surface area (Å²) in [6.07, 6.45) is 2.04. The highest BCUT2D eigenvalue weighted by Crippen LogP contribution is 2.23. The highest BCUT2D eigenvalue weighted by atomic mass is 35.5. The summed E-state index contributed by atoms with van der Waals surface area (Å²) in [6, 6.07) is 6.81. The first-order chi connectivity index (χ1) is 8.09. The molecule has 0 aliphatic heterocycles. The van der Waals surface area contributed by atoms with Crippen molar-refractivity contribution < 1.29 is 4.39 Å². The van der Waals surface area contributed by atoms with Gasteiger partial charge in [0.25, 0.3) is 0 Å². The molecule has 1 heterocycles. The van der Waals surface area contributed by atoms with E-state index >= 15 is 0 Å². The zero-order valence-electron chi connectivity index (χ0n) is 9.37. The number of aromatic nitrogens is 1. The molecule has 2 aromatic rings. The van der Waals surface area contributed by atoms with Crippen molar-refractivity contribution in [2.75, 3.05) is 5.73 Å². The lowest BCUT2D eigenvalue weighted by atomic mass is 10.0. The Hall–Kier alpha value is -1.61. The van der Waals surface area contributed by atoms with E-state index in [2.05, 4.69) is 4.98 Å². The van der Waals surface area contributed by atoms with Crippen LogP contribution in [0.5, 0.6) is 0 Å². The minimum atomic E-state index is -0.392. The maximum Gasteiger partial charge on any atom is 0.145 e. The molecule has 0 radical (unpaired) electrons. The van der Waals surface area contributed by atoms with Crippen LogP contribution < -0.4 is 5.73 Å². The average Bonchev–Trinajstić information content (AvgIpc) is 2.29. The van der Waals surface area contributed by atoms with Gasteiger partial charge < -0.3 is 5.73 Å². The SMILES string of the molecule is Cc1ccnc(N)c1Cc1cccc(Cl)c1F. The second-order valence-corrected chi connectivity index (χ2v) is 4.29. The van der Waals surface area contributed by atoms with Gasteiger partial charge in [0.1, 0.15) is 11.6 Å². The minimum Gasteiger partial charge on any atom is -0.383 e. The monoisotopic (exact) mass is 250 g/mol. The minimum absolute atomic E-state index is 0.127. The highest BCUT2D eigenvalue weighted by Gasteiger charge is 2.10. The van der Waals surface area contributed by atoms with Gasteiger partial charge in [0.05, 0.1) is 5.02 Å². The summed E-state index contributed by atoms with van der Waals surface area (Å²) < 4.78 is 13.8. The molecule has 0 spiro atoms. The number of hydrogen-bond acceptors (Lipinski definition) is 2. The van der Waals surface area contributed by atoms with Gasteiger partial charge in [-0.3, -0.25) is 0 Å². The van der Waals surface area contributed by atoms with E-state index in [0.717, 1.165) is 11.1 Å². The smallest absolute Gasteiger partial charge is 0.145 e. The van der Waals surface area contributed by atoms with E-state index in [0.29, 0.717) is 17.8 Å². The normalized spacial score (nSPS) is 10.5.